The molecule has 0 spiro atoms. The molecule has 2 unspecified atom stereocenters. The van der Waals surface area contributed by atoms with Crippen LogP contribution in [0.3, 0.4) is 0 Å². The first-order chi connectivity index (χ1) is 9.42. The molecule has 1 saturated heterocycles. The number of carbonyl (C=O) groups is 2. The number of rotatable bonds is 6. The molecule has 0 aromatic carbocycles. The fourth-order valence-corrected chi connectivity index (χ4v) is 4.64. The summed E-state index contributed by atoms with van der Waals surface area (Å²) in [5.74, 6) is -0.965. The molecule has 0 bridgehead atoms. The smallest absolute Gasteiger partial charge is 0.307 e. The largest absolute Gasteiger partial charge is 0.481 e. The minimum absolute atomic E-state index is 0.0354. The molecule has 1 heterocycles. The molecule has 114 valence electrons. The van der Waals surface area contributed by atoms with Crippen molar-refractivity contribution >= 4 is 33.7 Å². The molecule has 2 atom stereocenters. The molecule has 20 heavy (non-hydrogen) atoms. The van der Waals surface area contributed by atoms with Gasteiger partial charge in [0, 0.05) is 31.1 Å². The number of thioether (sulfide) groups is 1. The van der Waals surface area contributed by atoms with E-state index in [4.69, 9.17) is 5.11 Å². The van der Waals surface area contributed by atoms with Gasteiger partial charge in [0.2, 0.25) is 15.9 Å². The highest BCUT2D eigenvalue weighted by molar-refractivity contribution is 7.99. The highest BCUT2D eigenvalue weighted by Gasteiger charge is 2.48. The summed E-state index contributed by atoms with van der Waals surface area (Å²) in [6, 6.07) is 0. The summed E-state index contributed by atoms with van der Waals surface area (Å²) in [5.41, 5.74) is 0. The molecule has 0 aromatic heterocycles. The molecule has 1 aliphatic carbocycles. The Kier molecular flexibility index (Phi) is 4.92. The second kappa shape index (κ2) is 6.31. The number of carboxylic acid groups (broad SMARTS) is 1. The Morgan fingerprint density at radius 1 is 1.25 bits per heavy atom. The van der Waals surface area contributed by atoms with Crippen LogP contribution in [0.2, 0.25) is 0 Å². The number of nitrogens with one attached hydrogen (secondary N) is 1. The average Bonchev–Trinajstić information content (AvgIpc) is 3.20. The fourth-order valence-electron chi connectivity index (χ4n) is 2.15. The molecule has 9 heteroatoms. The number of nitrogens with zero attached hydrogens (tertiary/aromatic N) is 1. The maximum atomic E-state index is 12.0. The van der Waals surface area contributed by atoms with Gasteiger partial charge in [-0.1, -0.05) is 0 Å². The fraction of sp³-hybridized carbons (Fsp3) is 0.818. The molecule has 2 rings (SSSR count). The van der Waals surface area contributed by atoms with Crippen LogP contribution < -0.4 is 5.32 Å². The third-order valence-electron chi connectivity index (χ3n) is 3.47. The lowest BCUT2D eigenvalue weighted by Gasteiger charge is -2.25. The Morgan fingerprint density at radius 2 is 1.90 bits per heavy atom. The number of aliphatic carboxylic acids is 1. The highest BCUT2D eigenvalue weighted by Crippen LogP contribution is 2.38. The van der Waals surface area contributed by atoms with Gasteiger partial charge >= 0.3 is 5.97 Å². The molecule has 0 aromatic rings. The third kappa shape index (κ3) is 3.86. The topological polar surface area (TPSA) is 104 Å². The maximum Gasteiger partial charge on any atom is 0.307 e. The first-order valence-corrected chi connectivity index (χ1v) is 9.24. The number of hydrogen-bond donors (Lipinski definition) is 2. The number of sulfonamides is 1. The van der Waals surface area contributed by atoms with E-state index in [0.29, 0.717) is 19.5 Å². The van der Waals surface area contributed by atoms with Gasteiger partial charge in [0.05, 0.1) is 17.6 Å². The zero-order valence-corrected chi connectivity index (χ0v) is 12.6. The van der Waals surface area contributed by atoms with Crippen molar-refractivity contribution < 1.29 is 23.1 Å². The standard InChI is InChI=1S/C11H18N2O5S2/c14-10(8-7-9(8)11(15)16)12-1-6-20(17,18)13-2-4-19-5-3-13/h8-9H,1-7H2,(H,12,14)(H,15,16). The second-order valence-corrected chi connectivity index (χ2v) is 8.22. The minimum Gasteiger partial charge on any atom is -0.481 e. The molecule has 2 fully saturated rings. The van der Waals surface area contributed by atoms with Crippen LogP contribution in [0.25, 0.3) is 0 Å². The van der Waals surface area contributed by atoms with Gasteiger partial charge in [-0.3, -0.25) is 9.59 Å². The molecule has 1 amide bonds. The number of amides is 1. The van der Waals surface area contributed by atoms with E-state index in [-0.39, 0.29) is 18.2 Å². The predicted molar refractivity (Wildman–Crippen MR) is 74.9 cm³/mol. The third-order valence-corrected chi connectivity index (χ3v) is 6.28. The van der Waals surface area contributed by atoms with Crippen molar-refractivity contribution in [1.29, 1.82) is 0 Å². The van der Waals surface area contributed by atoms with Crippen molar-refractivity contribution in [2.24, 2.45) is 11.8 Å². The van der Waals surface area contributed by atoms with Crippen LogP contribution in [0.5, 0.6) is 0 Å². The SMILES string of the molecule is O=C(O)C1CC1C(=O)NCCS(=O)(=O)N1CCSCC1. The first kappa shape index (κ1) is 15.6. The number of hydrogen-bond acceptors (Lipinski definition) is 5. The van der Waals surface area contributed by atoms with Gasteiger partial charge in [0.1, 0.15) is 0 Å². The highest BCUT2D eigenvalue weighted by atomic mass is 32.2. The molecule has 0 radical (unpaired) electrons. The van der Waals surface area contributed by atoms with E-state index in [1.165, 1.54) is 4.31 Å². The van der Waals surface area contributed by atoms with E-state index in [1.807, 2.05) is 0 Å². The van der Waals surface area contributed by atoms with E-state index in [9.17, 15) is 18.0 Å². The zero-order valence-electron chi connectivity index (χ0n) is 10.9. The van der Waals surface area contributed by atoms with Crippen LogP contribution >= 0.6 is 11.8 Å². The Labute approximate surface area is 122 Å². The van der Waals surface area contributed by atoms with Crippen molar-refractivity contribution in [2.75, 3.05) is 36.9 Å². The van der Waals surface area contributed by atoms with Crippen LogP contribution in [0, 0.1) is 11.8 Å². The summed E-state index contributed by atoms with van der Waals surface area (Å²) in [6.07, 6.45) is 0.345. The van der Waals surface area contributed by atoms with Gasteiger partial charge in [0.25, 0.3) is 0 Å². The lowest BCUT2D eigenvalue weighted by atomic mass is 10.3. The van der Waals surface area contributed by atoms with Crippen LogP contribution in [0.4, 0.5) is 0 Å². The zero-order chi connectivity index (χ0) is 14.8. The molecular weight excluding hydrogens is 304 g/mol. The van der Waals surface area contributed by atoms with Crippen LogP contribution in [-0.2, 0) is 19.6 Å². The molecule has 1 saturated carbocycles. The Balaban J connectivity index is 1.72. The van der Waals surface area contributed by atoms with Gasteiger partial charge in [-0.15, -0.1) is 0 Å². The van der Waals surface area contributed by atoms with Gasteiger partial charge in [-0.2, -0.15) is 11.8 Å². The summed E-state index contributed by atoms with van der Waals surface area (Å²) in [5, 5.41) is 11.2. The van der Waals surface area contributed by atoms with Crippen molar-refractivity contribution in [2.45, 2.75) is 6.42 Å². The lowest BCUT2D eigenvalue weighted by molar-refractivity contribution is -0.140. The number of carbonyl (C=O) groups excluding carboxylic acids is 1. The molecule has 7 nitrogen and oxygen atoms in total. The number of carboxylic acids is 1. The summed E-state index contributed by atoms with van der Waals surface area (Å²) in [4.78, 5) is 22.2. The van der Waals surface area contributed by atoms with E-state index < -0.39 is 27.8 Å². The Hall–Kier alpha value is -0.800. The first-order valence-electron chi connectivity index (χ1n) is 6.48. The molecule has 1 aliphatic heterocycles. The van der Waals surface area contributed by atoms with Gasteiger partial charge in [0.15, 0.2) is 0 Å². The van der Waals surface area contributed by atoms with Crippen molar-refractivity contribution in [3.8, 4) is 0 Å². The summed E-state index contributed by atoms with van der Waals surface area (Å²) in [7, 11) is -3.33. The van der Waals surface area contributed by atoms with E-state index >= 15 is 0 Å². The quantitative estimate of drug-likeness (QED) is 0.664. The normalized spacial score (nSPS) is 27.0. The summed E-state index contributed by atoms with van der Waals surface area (Å²) >= 11 is 1.73. The van der Waals surface area contributed by atoms with E-state index in [0.717, 1.165) is 11.5 Å². The Morgan fingerprint density at radius 3 is 2.45 bits per heavy atom. The minimum atomic E-state index is -3.33. The van der Waals surface area contributed by atoms with Gasteiger partial charge in [-0.25, -0.2) is 12.7 Å². The maximum absolute atomic E-state index is 12.0. The van der Waals surface area contributed by atoms with Gasteiger partial charge < -0.3 is 10.4 Å². The van der Waals surface area contributed by atoms with E-state index in [2.05, 4.69) is 5.32 Å². The van der Waals surface area contributed by atoms with Crippen LogP contribution in [0.15, 0.2) is 0 Å². The van der Waals surface area contributed by atoms with Crippen molar-refractivity contribution in [3.63, 3.8) is 0 Å². The lowest BCUT2D eigenvalue weighted by Crippen LogP contribution is -2.42. The van der Waals surface area contributed by atoms with Crippen molar-refractivity contribution in [3.05, 3.63) is 0 Å². The summed E-state index contributed by atoms with van der Waals surface area (Å²) in [6.45, 7) is 1.07. The van der Waals surface area contributed by atoms with Crippen LogP contribution in [-0.4, -0.2) is 66.6 Å². The monoisotopic (exact) mass is 322 g/mol. The second-order valence-electron chi connectivity index (χ2n) is 4.91. The van der Waals surface area contributed by atoms with Crippen LogP contribution in [0.1, 0.15) is 6.42 Å². The molecule has 2 aliphatic rings. The Bertz CT molecular complexity index is 487. The van der Waals surface area contributed by atoms with E-state index in [1.54, 1.807) is 11.8 Å². The molecule has 2 N–H and O–H groups in total. The molecular formula is C11H18N2O5S2. The predicted octanol–water partition coefficient (Wildman–Crippen LogP) is -0.798. The average molecular weight is 322 g/mol. The summed E-state index contributed by atoms with van der Waals surface area (Å²) < 4.78 is 25.4. The van der Waals surface area contributed by atoms with Crippen molar-refractivity contribution in [1.82, 2.24) is 9.62 Å². The van der Waals surface area contributed by atoms with Gasteiger partial charge in [-0.05, 0) is 6.42 Å².